The molecule has 114 valence electrons. The second-order valence-electron chi connectivity index (χ2n) is 6.22. The van der Waals surface area contributed by atoms with Crippen molar-refractivity contribution < 1.29 is 0 Å². The van der Waals surface area contributed by atoms with Crippen molar-refractivity contribution in [1.82, 2.24) is 10.2 Å². The molecule has 0 aliphatic rings. The van der Waals surface area contributed by atoms with E-state index in [1.165, 1.54) is 23.2 Å². The molecule has 0 bridgehead atoms. The van der Waals surface area contributed by atoms with Crippen LogP contribution in [0.3, 0.4) is 0 Å². The largest absolute Gasteiger partial charge is 0.309 e. The van der Waals surface area contributed by atoms with Gasteiger partial charge in [0, 0.05) is 19.1 Å². The van der Waals surface area contributed by atoms with Crippen molar-refractivity contribution in [2.24, 2.45) is 5.92 Å². The molecule has 20 heavy (non-hydrogen) atoms. The molecule has 1 N–H and O–H groups in total. The zero-order chi connectivity index (χ0) is 15.1. The number of rotatable bonds is 8. The third-order valence-corrected chi connectivity index (χ3v) is 3.77. The van der Waals surface area contributed by atoms with E-state index in [1.54, 1.807) is 0 Å². The summed E-state index contributed by atoms with van der Waals surface area (Å²) < 4.78 is 0. The van der Waals surface area contributed by atoms with Crippen LogP contribution in [-0.4, -0.2) is 31.1 Å². The van der Waals surface area contributed by atoms with E-state index in [0.717, 1.165) is 25.6 Å². The molecule has 1 atom stereocenters. The second-order valence-corrected chi connectivity index (χ2v) is 6.22. The highest BCUT2D eigenvalue weighted by Gasteiger charge is 2.17. The molecule has 1 unspecified atom stereocenters. The van der Waals surface area contributed by atoms with E-state index in [0.29, 0.717) is 6.04 Å². The van der Waals surface area contributed by atoms with Crippen LogP contribution in [0.4, 0.5) is 0 Å². The van der Waals surface area contributed by atoms with Gasteiger partial charge in [0.1, 0.15) is 0 Å². The van der Waals surface area contributed by atoms with Crippen molar-refractivity contribution in [2.75, 3.05) is 26.2 Å². The van der Waals surface area contributed by atoms with E-state index in [9.17, 15) is 0 Å². The number of hydrogen-bond acceptors (Lipinski definition) is 2. The fourth-order valence-corrected chi connectivity index (χ4v) is 2.76. The maximum Gasteiger partial charge on any atom is 0.0451 e. The van der Waals surface area contributed by atoms with E-state index in [1.807, 2.05) is 0 Å². The van der Waals surface area contributed by atoms with E-state index in [2.05, 4.69) is 70.0 Å². The lowest BCUT2D eigenvalue weighted by Crippen LogP contribution is -2.37. The Labute approximate surface area is 125 Å². The predicted molar refractivity (Wildman–Crippen MR) is 89.3 cm³/mol. The maximum absolute atomic E-state index is 3.66. The van der Waals surface area contributed by atoms with Gasteiger partial charge in [-0.05, 0) is 44.0 Å². The molecule has 2 heteroatoms. The smallest absolute Gasteiger partial charge is 0.0451 e. The molecule has 0 aliphatic carbocycles. The molecule has 0 saturated heterocycles. The van der Waals surface area contributed by atoms with Gasteiger partial charge in [0.25, 0.3) is 0 Å². The molecule has 1 aromatic rings. The molecule has 0 spiro atoms. The first-order chi connectivity index (χ1) is 9.47. The van der Waals surface area contributed by atoms with Crippen LogP contribution in [0, 0.1) is 19.8 Å². The highest BCUT2D eigenvalue weighted by atomic mass is 15.1. The Bertz CT molecular complexity index is 398. The first kappa shape index (κ1) is 17.2. The van der Waals surface area contributed by atoms with Gasteiger partial charge in [0.05, 0.1) is 0 Å². The first-order valence-electron chi connectivity index (χ1n) is 8.00. The summed E-state index contributed by atoms with van der Waals surface area (Å²) in [6.45, 7) is 17.8. The van der Waals surface area contributed by atoms with Gasteiger partial charge < -0.3 is 10.2 Å². The molecular formula is C18H32N2. The van der Waals surface area contributed by atoms with Gasteiger partial charge in [-0.25, -0.2) is 0 Å². The first-order valence-corrected chi connectivity index (χ1v) is 8.00. The van der Waals surface area contributed by atoms with Crippen LogP contribution in [0.2, 0.25) is 0 Å². The normalized spacial score (nSPS) is 13.2. The van der Waals surface area contributed by atoms with Gasteiger partial charge in [-0.1, -0.05) is 51.5 Å². The average molecular weight is 276 g/mol. The van der Waals surface area contributed by atoms with Crippen LogP contribution in [-0.2, 0) is 0 Å². The minimum Gasteiger partial charge on any atom is -0.309 e. The minimum atomic E-state index is 0.429. The number of benzene rings is 1. The van der Waals surface area contributed by atoms with E-state index in [4.69, 9.17) is 0 Å². The third-order valence-electron chi connectivity index (χ3n) is 3.77. The van der Waals surface area contributed by atoms with Crippen LogP contribution in [0.1, 0.15) is 50.4 Å². The standard InChI is InChI=1S/C18H32N2/c1-7-19-18(13-20(8-2)12-14(3)4)17-11-15(5)9-10-16(17)6/h9-11,14,18-19H,7-8,12-13H2,1-6H3. The lowest BCUT2D eigenvalue weighted by molar-refractivity contribution is 0.229. The number of aryl methyl sites for hydroxylation is 2. The predicted octanol–water partition coefficient (Wildman–Crippen LogP) is 3.93. The Morgan fingerprint density at radius 1 is 1.10 bits per heavy atom. The zero-order valence-corrected chi connectivity index (χ0v) is 14.2. The molecule has 0 aromatic heterocycles. The lowest BCUT2D eigenvalue weighted by Gasteiger charge is -2.29. The van der Waals surface area contributed by atoms with E-state index >= 15 is 0 Å². The van der Waals surface area contributed by atoms with Gasteiger partial charge in [-0.15, -0.1) is 0 Å². The Morgan fingerprint density at radius 2 is 1.80 bits per heavy atom. The van der Waals surface area contributed by atoms with E-state index < -0.39 is 0 Å². The molecule has 0 saturated carbocycles. The van der Waals surface area contributed by atoms with Gasteiger partial charge in [-0.2, -0.15) is 0 Å². The molecule has 1 aromatic carbocycles. The molecule has 1 rings (SSSR count). The van der Waals surface area contributed by atoms with Crippen molar-refractivity contribution >= 4 is 0 Å². The third kappa shape index (κ3) is 5.26. The Hall–Kier alpha value is -0.860. The molecule has 0 radical (unpaired) electrons. The van der Waals surface area contributed by atoms with Crippen LogP contribution in [0.5, 0.6) is 0 Å². The second kappa shape index (κ2) is 8.43. The molecule has 0 aliphatic heterocycles. The summed E-state index contributed by atoms with van der Waals surface area (Å²) in [5.41, 5.74) is 4.19. The summed E-state index contributed by atoms with van der Waals surface area (Å²) in [5, 5.41) is 3.66. The summed E-state index contributed by atoms with van der Waals surface area (Å²) in [6.07, 6.45) is 0. The topological polar surface area (TPSA) is 15.3 Å². The molecule has 0 fully saturated rings. The summed E-state index contributed by atoms with van der Waals surface area (Å²) in [5.74, 6) is 0.718. The zero-order valence-electron chi connectivity index (χ0n) is 14.2. The van der Waals surface area contributed by atoms with Crippen molar-refractivity contribution in [3.8, 4) is 0 Å². The maximum atomic E-state index is 3.66. The fraction of sp³-hybridized carbons (Fsp3) is 0.667. The van der Waals surface area contributed by atoms with Gasteiger partial charge >= 0.3 is 0 Å². The highest BCUT2D eigenvalue weighted by molar-refractivity contribution is 5.33. The number of nitrogens with zero attached hydrogens (tertiary/aromatic N) is 1. The summed E-state index contributed by atoms with van der Waals surface area (Å²) in [4.78, 5) is 2.56. The lowest BCUT2D eigenvalue weighted by atomic mass is 9.98. The Kier molecular flexibility index (Phi) is 7.25. The van der Waals surface area contributed by atoms with Gasteiger partial charge in [0.15, 0.2) is 0 Å². The van der Waals surface area contributed by atoms with Gasteiger partial charge in [0.2, 0.25) is 0 Å². The van der Waals surface area contributed by atoms with Crippen molar-refractivity contribution in [3.05, 3.63) is 34.9 Å². The number of nitrogens with one attached hydrogen (secondary N) is 1. The van der Waals surface area contributed by atoms with Gasteiger partial charge in [-0.3, -0.25) is 0 Å². The Morgan fingerprint density at radius 3 is 2.35 bits per heavy atom. The number of likely N-dealkylation sites (N-methyl/N-ethyl adjacent to an activating group) is 2. The van der Waals surface area contributed by atoms with E-state index in [-0.39, 0.29) is 0 Å². The monoisotopic (exact) mass is 276 g/mol. The molecule has 0 amide bonds. The average Bonchev–Trinajstić information content (AvgIpc) is 2.39. The van der Waals surface area contributed by atoms with Crippen LogP contribution in [0.15, 0.2) is 18.2 Å². The highest BCUT2D eigenvalue weighted by Crippen LogP contribution is 2.21. The van der Waals surface area contributed by atoms with Crippen LogP contribution >= 0.6 is 0 Å². The number of hydrogen-bond donors (Lipinski definition) is 1. The summed E-state index contributed by atoms with van der Waals surface area (Å²) in [7, 11) is 0. The minimum absolute atomic E-state index is 0.429. The van der Waals surface area contributed by atoms with Crippen LogP contribution in [0.25, 0.3) is 0 Å². The van der Waals surface area contributed by atoms with Crippen molar-refractivity contribution in [1.29, 1.82) is 0 Å². The van der Waals surface area contributed by atoms with Crippen LogP contribution < -0.4 is 5.32 Å². The molecular weight excluding hydrogens is 244 g/mol. The summed E-state index contributed by atoms with van der Waals surface area (Å²) in [6, 6.07) is 7.21. The van der Waals surface area contributed by atoms with Crippen molar-refractivity contribution in [3.63, 3.8) is 0 Å². The summed E-state index contributed by atoms with van der Waals surface area (Å²) >= 11 is 0. The SMILES string of the molecule is CCNC(CN(CC)CC(C)C)c1cc(C)ccc1C. The molecule has 2 nitrogen and oxygen atoms in total. The van der Waals surface area contributed by atoms with Crippen molar-refractivity contribution in [2.45, 2.75) is 47.6 Å². The molecule has 0 heterocycles. The fourth-order valence-electron chi connectivity index (χ4n) is 2.76. The quantitative estimate of drug-likeness (QED) is 0.774. The Balaban J connectivity index is 2.89.